The lowest BCUT2D eigenvalue weighted by molar-refractivity contribution is -0.153. The van der Waals surface area contributed by atoms with E-state index in [4.69, 9.17) is 5.11 Å². The highest BCUT2D eigenvalue weighted by molar-refractivity contribution is 6.00. The van der Waals surface area contributed by atoms with Crippen molar-refractivity contribution in [2.75, 3.05) is 6.54 Å². The summed E-state index contributed by atoms with van der Waals surface area (Å²) in [4.78, 5) is 26.4. The summed E-state index contributed by atoms with van der Waals surface area (Å²) in [5, 5.41) is 15.4. The van der Waals surface area contributed by atoms with Crippen LogP contribution < -0.4 is 5.32 Å². The molecule has 1 rings (SSSR count). The molecule has 1 aromatic rings. The fourth-order valence-electron chi connectivity index (χ4n) is 1.10. The molecular formula is C10H16N4O3. The fraction of sp³-hybridized carbons (Fsp3) is 0.600. The van der Waals surface area contributed by atoms with Gasteiger partial charge in [0.05, 0.1) is 0 Å². The van der Waals surface area contributed by atoms with E-state index >= 15 is 0 Å². The Balaban J connectivity index is 2.42. The number of amides is 1. The SMILES string of the molecule is Cn1cnc(CCNC(=O)C(C)(C)C(=O)O)n1. The Morgan fingerprint density at radius 3 is 2.65 bits per heavy atom. The van der Waals surface area contributed by atoms with E-state index in [0.717, 1.165) is 0 Å². The minimum absolute atomic E-state index is 0.319. The molecule has 17 heavy (non-hydrogen) atoms. The molecule has 0 aromatic carbocycles. The maximum Gasteiger partial charge on any atom is 0.318 e. The number of carbonyl (C=O) groups excluding carboxylic acids is 1. The van der Waals surface area contributed by atoms with Crippen molar-refractivity contribution in [2.45, 2.75) is 20.3 Å². The number of carboxylic acids is 1. The highest BCUT2D eigenvalue weighted by Crippen LogP contribution is 2.14. The van der Waals surface area contributed by atoms with E-state index in [2.05, 4.69) is 15.4 Å². The topological polar surface area (TPSA) is 97.1 Å². The van der Waals surface area contributed by atoms with Crippen LogP contribution in [0, 0.1) is 5.41 Å². The van der Waals surface area contributed by atoms with Crippen LogP contribution in [0.4, 0.5) is 0 Å². The van der Waals surface area contributed by atoms with Crippen molar-refractivity contribution in [3.8, 4) is 0 Å². The number of nitrogens with zero attached hydrogens (tertiary/aromatic N) is 3. The highest BCUT2D eigenvalue weighted by Gasteiger charge is 2.35. The Bertz CT molecular complexity index is 425. The van der Waals surface area contributed by atoms with Gasteiger partial charge in [-0.1, -0.05) is 0 Å². The van der Waals surface area contributed by atoms with Gasteiger partial charge in [-0.15, -0.1) is 0 Å². The molecule has 0 radical (unpaired) electrons. The number of aliphatic carboxylic acids is 1. The lowest BCUT2D eigenvalue weighted by Crippen LogP contribution is -2.43. The summed E-state index contributed by atoms with van der Waals surface area (Å²) >= 11 is 0. The molecule has 0 saturated carbocycles. The van der Waals surface area contributed by atoms with E-state index in [-0.39, 0.29) is 0 Å². The molecule has 7 nitrogen and oxygen atoms in total. The number of nitrogens with one attached hydrogen (secondary N) is 1. The van der Waals surface area contributed by atoms with Gasteiger partial charge in [0, 0.05) is 20.0 Å². The van der Waals surface area contributed by atoms with Crippen molar-refractivity contribution in [1.29, 1.82) is 0 Å². The van der Waals surface area contributed by atoms with Crippen LogP contribution in [-0.2, 0) is 23.1 Å². The summed E-state index contributed by atoms with van der Waals surface area (Å²) in [5.74, 6) is -1.05. The normalized spacial score (nSPS) is 11.2. The summed E-state index contributed by atoms with van der Waals surface area (Å²) in [6.45, 7) is 3.05. The second-order valence-corrected chi connectivity index (χ2v) is 4.27. The number of carboxylic acid groups (broad SMARTS) is 1. The minimum Gasteiger partial charge on any atom is -0.480 e. The van der Waals surface area contributed by atoms with Crippen LogP contribution in [0.2, 0.25) is 0 Å². The molecule has 0 atom stereocenters. The standard InChI is InChI=1S/C10H16N4O3/c1-10(2,9(16)17)8(15)11-5-4-7-12-6-14(3)13-7/h6H,4-5H2,1-3H3,(H,11,15)(H,16,17). The van der Waals surface area contributed by atoms with Crippen LogP contribution in [0.15, 0.2) is 6.33 Å². The van der Waals surface area contributed by atoms with E-state index in [1.165, 1.54) is 13.8 Å². The maximum atomic E-state index is 11.6. The van der Waals surface area contributed by atoms with Gasteiger partial charge in [0.15, 0.2) is 5.82 Å². The molecule has 7 heteroatoms. The molecule has 0 saturated heterocycles. The van der Waals surface area contributed by atoms with Crippen LogP contribution in [0.5, 0.6) is 0 Å². The van der Waals surface area contributed by atoms with Gasteiger partial charge in [-0.25, -0.2) is 4.98 Å². The van der Waals surface area contributed by atoms with Crippen molar-refractivity contribution < 1.29 is 14.7 Å². The van der Waals surface area contributed by atoms with Crippen molar-refractivity contribution >= 4 is 11.9 Å². The number of aryl methyl sites for hydroxylation is 1. The second kappa shape index (κ2) is 4.94. The molecule has 1 amide bonds. The van der Waals surface area contributed by atoms with Gasteiger partial charge < -0.3 is 10.4 Å². The van der Waals surface area contributed by atoms with E-state index in [9.17, 15) is 9.59 Å². The smallest absolute Gasteiger partial charge is 0.318 e. The first-order chi connectivity index (χ1) is 7.84. The monoisotopic (exact) mass is 240 g/mol. The average Bonchev–Trinajstić information content (AvgIpc) is 2.63. The Morgan fingerprint density at radius 2 is 2.18 bits per heavy atom. The molecule has 94 valence electrons. The molecular weight excluding hydrogens is 224 g/mol. The number of rotatable bonds is 5. The summed E-state index contributed by atoms with van der Waals surface area (Å²) in [6.07, 6.45) is 2.04. The summed E-state index contributed by atoms with van der Waals surface area (Å²) in [6, 6.07) is 0. The highest BCUT2D eigenvalue weighted by atomic mass is 16.4. The number of hydrogen-bond acceptors (Lipinski definition) is 4. The summed E-state index contributed by atoms with van der Waals surface area (Å²) < 4.78 is 1.57. The van der Waals surface area contributed by atoms with E-state index in [1.54, 1.807) is 18.1 Å². The zero-order valence-electron chi connectivity index (χ0n) is 10.1. The van der Waals surface area contributed by atoms with Crippen LogP contribution in [0.1, 0.15) is 19.7 Å². The second-order valence-electron chi connectivity index (χ2n) is 4.27. The Morgan fingerprint density at radius 1 is 1.53 bits per heavy atom. The fourth-order valence-corrected chi connectivity index (χ4v) is 1.10. The van der Waals surface area contributed by atoms with Gasteiger partial charge in [0.1, 0.15) is 11.7 Å². The van der Waals surface area contributed by atoms with E-state index in [1.807, 2.05) is 0 Å². The van der Waals surface area contributed by atoms with Gasteiger partial charge in [-0.2, -0.15) is 5.10 Å². The molecule has 0 spiro atoms. The molecule has 1 aromatic heterocycles. The molecule has 0 aliphatic heterocycles. The van der Waals surface area contributed by atoms with E-state index < -0.39 is 17.3 Å². The lowest BCUT2D eigenvalue weighted by atomic mass is 9.93. The average molecular weight is 240 g/mol. The van der Waals surface area contributed by atoms with Crippen molar-refractivity contribution in [2.24, 2.45) is 12.5 Å². The van der Waals surface area contributed by atoms with E-state index in [0.29, 0.717) is 18.8 Å². The first kappa shape index (κ1) is 13.1. The third-order valence-electron chi connectivity index (χ3n) is 2.38. The van der Waals surface area contributed by atoms with Gasteiger partial charge in [0.25, 0.3) is 0 Å². The Kier molecular flexibility index (Phi) is 3.82. The summed E-state index contributed by atoms with van der Waals surface area (Å²) in [7, 11) is 1.75. The molecule has 0 aliphatic carbocycles. The predicted octanol–water partition coefficient (Wildman–Crippen LogP) is -0.415. The largest absolute Gasteiger partial charge is 0.480 e. The summed E-state index contributed by atoms with van der Waals surface area (Å²) in [5.41, 5.74) is -1.42. The number of hydrogen-bond donors (Lipinski definition) is 2. The Labute approximate surface area is 98.8 Å². The minimum atomic E-state index is -1.42. The van der Waals surface area contributed by atoms with Crippen LogP contribution in [0.3, 0.4) is 0 Å². The van der Waals surface area contributed by atoms with Gasteiger partial charge in [-0.05, 0) is 13.8 Å². The molecule has 0 bridgehead atoms. The van der Waals surface area contributed by atoms with Gasteiger partial charge in [0.2, 0.25) is 5.91 Å². The quantitative estimate of drug-likeness (QED) is 0.681. The molecule has 0 fully saturated rings. The number of carbonyl (C=O) groups is 2. The van der Waals surface area contributed by atoms with Gasteiger partial charge in [-0.3, -0.25) is 14.3 Å². The van der Waals surface area contributed by atoms with Gasteiger partial charge >= 0.3 is 5.97 Å². The maximum absolute atomic E-state index is 11.6. The van der Waals surface area contributed by atoms with Crippen LogP contribution in [-0.4, -0.2) is 38.3 Å². The first-order valence-electron chi connectivity index (χ1n) is 5.20. The first-order valence-corrected chi connectivity index (χ1v) is 5.20. The van der Waals surface area contributed by atoms with Crippen molar-refractivity contribution in [3.05, 3.63) is 12.2 Å². The van der Waals surface area contributed by atoms with Crippen LogP contribution >= 0.6 is 0 Å². The zero-order valence-corrected chi connectivity index (χ0v) is 10.1. The third-order valence-corrected chi connectivity index (χ3v) is 2.38. The zero-order chi connectivity index (χ0) is 13.1. The Hall–Kier alpha value is -1.92. The molecule has 0 unspecified atom stereocenters. The lowest BCUT2D eigenvalue weighted by Gasteiger charge is -2.17. The molecule has 1 heterocycles. The molecule has 0 aliphatic rings. The predicted molar refractivity (Wildman–Crippen MR) is 59.1 cm³/mol. The molecule has 2 N–H and O–H groups in total. The van der Waals surface area contributed by atoms with Crippen molar-refractivity contribution in [3.63, 3.8) is 0 Å². The van der Waals surface area contributed by atoms with Crippen LogP contribution in [0.25, 0.3) is 0 Å². The third kappa shape index (κ3) is 3.27. The number of aromatic nitrogens is 3. The van der Waals surface area contributed by atoms with Crippen molar-refractivity contribution in [1.82, 2.24) is 20.1 Å².